The second-order valence-electron chi connectivity index (χ2n) is 13.1. The van der Waals surface area contributed by atoms with E-state index in [1.165, 1.54) is 0 Å². The van der Waals surface area contributed by atoms with E-state index in [0.29, 0.717) is 24.6 Å². The minimum Gasteiger partial charge on any atom is -0.384 e. The van der Waals surface area contributed by atoms with Crippen molar-refractivity contribution in [2.24, 2.45) is 0 Å². The lowest BCUT2D eigenvalue weighted by molar-refractivity contribution is 0.0617. The van der Waals surface area contributed by atoms with Crippen LogP contribution in [0, 0.1) is 13.8 Å². The summed E-state index contributed by atoms with van der Waals surface area (Å²) in [5.41, 5.74) is 9.39. The molecule has 0 spiro atoms. The van der Waals surface area contributed by atoms with E-state index in [-0.39, 0.29) is 13.2 Å². The third-order valence-electron chi connectivity index (χ3n) is 9.48. The number of hydrogen-bond acceptors (Lipinski definition) is 14. The van der Waals surface area contributed by atoms with Crippen LogP contribution in [-0.4, -0.2) is 129 Å². The number of nitrogens with zero attached hydrogens (tertiary/aromatic N) is 10. The number of pyridine rings is 2. The van der Waals surface area contributed by atoms with Crippen molar-refractivity contribution in [2.45, 2.75) is 26.1 Å². The number of fused-ring (bicyclic) bond motifs is 2. The highest BCUT2D eigenvalue weighted by Crippen LogP contribution is 2.31. The second-order valence-corrected chi connectivity index (χ2v) is 13.1. The van der Waals surface area contributed by atoms with E-state index < -0.39 is 12.2 Å². The first-order valence-corrected chi connectivity index (χ1v) is 18.0. The molecule has 8 rings (SSSR count). The smallest absolute Gasteiger partial charge is 0.181 e. The number of morpholine rings is 2. The van der Waals surface area contributed by atoms with Gasteiger partial charge in [0, 0.05) is 76.3 Å². The Kier molecular flexibility index (Phi) is 11.7. The summed E-state index contributed by atoms with van der Waals surface area (Å²) in [6, 6.07) is 9.51. The van der Waals surface area contributed by atoms with E-state index in [1.54, 1.807) is 39.0 Å². The molecule has 16 nitrogen and oxygen atoms in total. The van der Waals surface area contributed by atoms with Gasteiger partial charge in [-0.3, -0.25) is 14.4 Å². The molecule has 2 unspecified atom stereocenters. The summed E-state index contributed by atoms with van der Waals surface area (Å²) < 4.78 is 24.8. The van der Waals surface area contributed by atoms with Crippen molar-refractivity contribution in [3.05, 3.63) is 84.1 Å². The molecule has 2 saturated heterocycles. The molecule has 2 aliphatic rings. The summed E-state index contributed by atoms with van der Waals surface area (Å²) >= 11 is 0. The summed E-state index contributed by atoms with van der Waals surface area (Å²) in [5, 5.41) is 24.6. The third-order valence-corrected chi connectivity index (χ3v) is 9.48. The Morgan fingerprint density at radius 1 is 0.685 bits per heavy atom. The predicted molar refractivity (Wildman–Crippen MR) is 202 cm³/mol. The van der Waals surface area contributed by atoms with Gasteiger partial charge in [-0.1, -0.05) is 0 Å². The topological polar surface area (TPSA) is 170 Å². The zero-order valence-electron chi connectivity index (χ0n) is 31.0. The maximum Gasteiger partial charge on any atom is 0.181 e. The van der Waals surface area contributed by atoms with Crippen LogP contribution in [0.4, 0.5) is 11.5 Å². The van der Waals surface area contributed by atoms with Gasteiger partial charge in [0.25, 0.3) is 0 Å². The molecule has 0 radical (unpaired) electrons. The van der Waals surface area contributed by atoms with Crippen LogP contribution in [0.5, 0.6) is 0 Å². The standard InChI is InChI=1S/2C19H23N5O3/c1-13-17(14-3-4-15(21-11-14)16(25)12-26-2)24-6-5-20-18(19(24)22-13)23-7-9-27-10-8-23;1-13-18(14-3-4-15(20-11-14)17(25)12-26-2)24-19(22-13)16(5-6-21-24)23-7-9-27-10-8-23/h3-6,11,16,25H,7-10,12H2,1-2H3;3-6,11,17,25H,7-10,12H2,1-2H3. The largest absolute Gasteiger partial charge is 0.384 e. The molecule has 6 aromatic heterocycles. The van der Waals surface area contributed by atoms with E-state index in [0.717, 1.165) is 96.1 Å². The lowest BCUT2D eigenvalue weighted by atomic mass is 10.1. The summed E-state index contributed by atoms with van der Waals surface area (Å²) in [6.45, 7) is 10.5. The van der Waals surface area contributed by atoms with E-state index in [4.69, 9.17) is 28.9 Å². The lowest BCUT2D eigenvalue weighted by Gasteiger charge is -2.28. The molecular formula is C38H46N10O6. The second kappa shape index (κ2) is 16.9. The quantitative estimate of drug-likeness (QED) is 0.210. The number of imidazole rings is 2. The van der Waals surface area contributed by atoms with Crippen molar-refractivity contribution >= 4 is 22.8 Å². The van der Waals surface area contributed by atoms with Crippen LogP contribution in [0.25, 0.3) is 33.8 Å². The number of methoxy groups -OCH3 is 2. The summed E-state index contributed by atoms with van der Waals surface area (Å²) in [7, 11) is 3.11. The van der Waals surface area contributed by atoms with Gasteiger partial charge >= 0.3 is 0 Å². The molecule has 2 N–H and O–H groups in total. The zero-order chi connectivity index (χ0) is 37.6. The Hall–Kier alpha value is -5.10. The molecule has 0 saturated carbocycles. The average Bonchev–Trinajstić information content (AvgIpc) is 3.74. The van der Waals surface area contributed by atoms with Crippen molar-refractivity contribution in [2.75, 3.05) is 89.8 Å². The maximum atomic E-state index is 10.0. The van der Waals surface area contributed by atoms with Gasteiger partial charge in [0.1, 0.15) is 12.2 Å². The van der Waals surface area contributed by atoms with Gasteiger partial charge in [-0.05, 0) is 44.2 Å². The number of rotatable bonds is 10. The van der Waals surface area contributed by atoms with Crippen LogP contribution in [0.3, 0.4) is 0 Å². The van der Waals surface area contributed by atoms with Crippen molar-refractivity contribution in [1.82, 2.24) is 38.9 Å². The average molecular weight is 739 g/mol. The van der Waals surface area contributed by atoms with Gasteiger partial charge < -0.3 is 39.0 Å². The maximum absolute atomic E-state index is 10.0. The molecule has 284 valence electrons. The lowest BCUT2D eigenvalue weighted by Crippen LogP contribution is -2.37. The first-order chi connectivity index (χ1) is 26.4. The number of aryl methyl sites for hydroxylation is 2. The summed E-state index contributed by atoms with van der Waals surface area (Å²) in [4.78, 5) is 27.4. The number of anilines is 2. The summed E-state index contributed by atoms with van der Waals surface area (Å²) in [5.74, 6) is 0.871. The number of ether oxygens (including phenoxy) is 4. The molecule has 2 fully saturated rings. The van der Waals surface area contributed by atoms with Crippen molar-refractivity contribution in [3.8, 4) is 22.5 Å². The third kappa shape index (κ3) is 7.75. The van der Waals surface area contributed by atoms with Gasteiger partial charge in [-0.15, -0.1) is 0 Å². The Labute approximate surface area is 313 Å². The predicted octanol–water partition coefficient (Wildman–Crippen LogP) is 3.23. The number of aliphatic hydroxyl groups is 2. The highest BCUT2D eigenvalue weighted by atomic mass is 16.5. The van der Waals surface area contributed by atoms with Gasteiger partial charge in [-0.2, -0.15) is 5.10 Å². The minimum atomic E-state index is -0.738. The highest BCUT2D eigenvalue weighted by molar-refractivity contribution is 5.75. The Bertz CT molecular complexity index is 1990. The number of aromatic nitrogens is 8. The van der Waals surface area contributed by atoms with E-state index in [9.17, 15) is 10.2 Å². The van der Waals surface area contributed by atoms with Crippen LogP contribution in [0.2, 0.25) is 0 Å². The highest BCUT2D eigenvalue weighted by Gasteiger charge is 2.22. The Morgan fingerprint density at radius 3 is 1.81 bits per heavy atom. The molecule has 0 bridgehead atoms. The van der Waals surface area contributed by atoms with E-state index >= 15 is 0 Å². The van der Waals surface area contributed by atoms with E-state index in [2.05, 4.69) is 34.3 Å². The Morgan fingerprint density at radius 2 is 1.24 bits per heavy atom. The normalized spacial score (nSPS) is 16.0. The zero-order valence-corrected chi connectivity index (χ0v) is 31.0. The fraction of sp³-hybridized carbons (Fsp3) is 0.421. The van der Waals surface area contributed by atoms with Crippen molar-refractivity contribution in [1.29, 1.82) is 0 Å². The fourth-order valence-corrected chi connectivity index (χ4v) is 6.82. The Balaban J connectivity index is 0.000000167. The van der Waals surface area contributed by atoms with Crippen LogP contribution in [0.15, 0.2) is 61.3 Å². The van der Waals surface area contributed by atoms with Crippen LogP contribution < -0.4 is 9.80 Å². The molecule has 6 aromatic rings. The number of hydrogen-bond donors (Lipinski definition) is 2. The molecule has 2 atom stereocenters. The molecule has 0 amide bonds. The first-order valence-electron chi connectivity index (χ1n) is 18.0. The molecule has 0 aliphatic carbocycles. The van der Waals surface area contributed by atoms with E-state index in [1.807, 2.05) is 54.9 Å². The van der Waals surface area contributed by atoms with Gasteiger partial charge in [0.2, 0.25) is 0 Å². The molecule has 16 heteroatoms. The fourth-order valence-electron chi connectivity index (χ4n) is 6.82. The first kappa shape index (κ1) is 37.2. The van der Waals surface area contributed by atoms with Gasteiger partial charge in [0.05, 0.1) is 85.7 Å². The van der Waals surface area contributed by atoms with Crippen molar-refractivity contribution in [3.63, 3.8) is 0 Å². The minimum absolute atomic E-state index is 0.214. The SMILES string of the molecule is COCC(O)c1ccc(-c2c(C)nc3c(N4CCOCC4)ccnn23)cn1.COCC(O)c1ccc(-c2c(C)nc3c(N4CCOCC4)nccn23)cn1. The van der Waals surface area contributed by atoms with Crippen LogP contribution in [-0.2, 0) is 18.9 Å². The molecule has 0 aromatic carbocycles. The molecular weight excluding hydrogens is 692 g/mol. The van der Waals surface area contributed by atoms with Crippen LogP contribution >= 0.6 is 0 Å². The van der Waals surface area contributed by atoms with Crippen LogP contribution in [0.1, 0.15) is 35.0 Å². The molecule has 8 heterocycles. The molecule has 2 aliphatic heterocycles. The molecule has 54 heavy (non-hydrogen) atoms. The van der Waals surface area contributed by atoms with Gasteiger partial charge in [0.15, 0.2) is 17.1 Å². The van der Waals surface area contributed by atoms with Crippen molar-refractivity contribution < 1.29 is 29.2 Å². The summed E-state index contributed by atoms with van der Waals surface area (Å²) in [6.07, 6.45) is 7.55. The number of aliphatic hydroxyl groups excluding tert-OH is 2. The van der Waals surface area contributed by atoms with Gasteiger partial charge in [-0.25, -0.2) is 19.5 Å². The monoisotopic (exact) mass is 738 g/mol.